The molecule has 1 saturated heterocycles. The molecule has 0 bridgehead atoms. The lowest BCUT2D eigenvalue weighted by Crippen LogP contribution is -2.54. The Kier molecular flexibility index (Phi) is 7.24. The Bertz CT molecular complexity index is 1050. The molecule has 0 radical (unpaired) electrons. The highest BCUT2D eigenvalue weighted by Crippen LogP contribution is 2.50. The Balaban J connectivity index is 1.52. The predicted octanol–water partition coefficient (Wildman–Crippen LogP) is 5.59. The third kappa shape index (κ3) is 4.68. The van der Waals surface area contributed by atoms with Crippen molar-refractivity contribution in [1.82, 2.24) is 10.2 Å². The quantitative estimate of drug-likeness (QED) is 0.555. The first kappa shape index (κ1) is 24.6. The monoisotopic (exact) mass is 489 g/mol. The van der Waals surface area contributed by atoms with Gasteiger partial charge in [-0.2, -0.15) is 0 Å². The van der Waals surface area contributed by atoms with E-state index in [2.05, 4.69) is 41.5 Å². The minimum atomic E-state index is -0.513. The summed E-state index contributed by atoms with van der Waals surface area (Å²) in [7, 11) is 3.32. The van der Waals surface area contributed by atoms with Crippen LogP contribution in [0.2, 0.25) is 5.02 Å². The maximum Gasteiger partial charge on any atom is 0.319 e. The number of anilines is 1. The van der Waals surface area contributed by atoms with Crippen LogP contribution >= 0.6 is 11.6 Å². The van der Waals surface area contributed by atoms with E-state index in [1.807, 2.05) is 6.07 Å². The SMILES string of the molecule is COc1ccc([C@@]23CC[C@@H](NC(=O)Nc4ccc(F)c(Cl)c4)C[C@@H]2N(C(C)C)CC3)cc1OC. The summed E-state index contributed by atoms with van der Waals surface area (Å²) in [6.07, 6.45) is 3.75. The highest BCUT2D eigenvalue weighted by molar-refractivity contribution is 6.31. The van der Waals surface area contributed by atoms with Gasteiger partial charge in [0.2, 0.25) is 0 Å². The number of carbonyl (C=O) groups excluding carboxylic acids is 1. The highest BCUT2D eigenvalue weighted by Gasteiger charge is 2.52. The molecule has 34 heavy (non-hydrogen) atoms. The van der Waals surface area contributed by atoms with E-state index >= 15 is 0 Å². The minimum absolute atomic E-state index is 0.00294. The van der Waals surface area contributed by atoms with E-state index in [0.29, 0.717) is 17.8 Å². The van der Waals surface area contributed by atoms with E-state index in [9.17, 15) is 9.18 Å². The maximum absolute atomic E-state index is 13.4. The van der Waals surface area contributed by atoms with Crippen LogP contribution in [0.15, 0.2) is 36.4 Å². The number of likely N-dealkylation sites (tertiary alicyclic amines) is 1. The molecule has 184 valence electrons. The molecule has 2 aromatic rings. The second kappa shape index (κ2) is 10.0. The number of methoxy groups -OCH3 is 2. The van der Waals surface area contributed by atoms with Gasteiger partial charge in [0.25, 0.3) is 0 Å². The summed E-state index contributed by atoms with van der Waals surface area (Å²) in [6.45, 7) is 5.48. The molecule has 1 saturated carbocycles. The summed E-state index contributed by atoms with van der Waals surface area (Å²) >= 11 is 5.84. The lowest BCUT2D eigenvalue weighted by molar-refractivity contribution is 0.113. The van der Waals surface area contributed by atoms with Crippen molar-refractivity contribution in [2.45, 2.75) is 63.1 Å². The van der Waals surface area contributed by atoms with Crippen molar-refractivity contribution in [3.05, 3.63) is 52.8 Å². The minimum Gasteiger partial charge on any atom is -0.493 e. The largest absolute Gasteiger partial charge is 0.493 e. The molecule has 2 aliphatic rings. The van der Waals surface area contributed by atoms with Crippen molar-refractivity contribution in [3.63, 3.8) is 0 Å². The summed E-state index contributed by atoms with van der Waals surface area (Å²) < 4.78 is 24.5. The summed E-state index contributed by atoms with van der Waals surface area (Å²) in [6, 6.07) is 10.9. The van der Waals surface area contributed by atoms with Crippen LogP contribution in [0.1, 0.15) is 45.1 Å². The number of halogens is 2. The van der Waals surface area contributed by atoms with Crippen molar-refractivity contribution in [1.29, 1.82) is 0 Å². The fourth-order valence-electron chi connectivity index (χ4n) is 5.74. The molecule has 6 nitrogen and oxygen atoms in total. The Morgan fingerprint density at radius 2 is 1.91 bits per heavy atom. The Hall–Kier alpha value is -2.51. The lowest BCUT2D eigenvalue weighted by Gasteiger charge is -2.46. The molecule has 1 aliphatic heterocycles. The smallest absolute Gasteiger partial charge is 0.319 e. The number of carbonyl (C=O) groups is 1. The molecule has 1 heterocycles. The van der Waals surface area contributed by atoms with E-state index in [4.69, 9.17) is 21.1 Å². The number of fused-ring (bicyclic) bond motifs is 1. The first-order valence-corrected chi connectivity index (χ1v) is 12.2. The molecule has 2 amide bonds. The van der Waals surface area contributed by atoms with Gasteiger partial charge in [0.05, 0.1) is 19.2 Å². The standard InChI is InChI=1S/C26H33ClFN3O3/c1-16(2)31-12-11-26(17-5-8-22(33-3)23(13-17)34-4)10-9-19(15-24(26)31)30-25(32)29-18-6-7-21(28)20(27)14-18/h5-8,13-14,16,19,24H,9-12,15H2,1-4H3,(H2,29,30,32)/t19-,24+,26+/m1/s1. The molecule has 0 aromatic heterocycles. The van der Waals surface area contributed by atoms with Gasteiger partial charge in [0.15, 0.2) is 11.5 Å². The van der Waals surface area contributed by atoms with Gasteiger partial charge in [-0.3, -0.25) is 4.90 Å². The zero-order valence-corrected chi connectivity index (χ0v) is 20.9. The van der Waals surface area contributed by atoms with Crippen LogP contribution in [0.3, 0.4) is 0 Å². The lowest BCUT2D eigenvalue weighted by atomic mass is 9.65. The third-order valence-corrected chi connectivity index (χ3v) is 7.73. The summed E-state index contributed by atoms with van der Waals surface area (Å²) in [4.78, 5) is 15.2. The summed E-state index contributed by atoms with van der Waals surface area (Å²) in [5, 5.41) is 5.88. The second-order valence-electron chi connectivity index (χ2n) is 9.52. The number of rotatable bonds is 6. The number of hydrogen-bond acceptors (Lipinski definition) is 4. The molecule has 2 fully saturated rings. The number of hydrogen-bond donors (Lipinski definition) is 2. The normalized spacial score (nSPS) is 24.6. The fraction of sp³-hybridized carbons (Fsp3) is 0.500. The second-order valence-corrected chi connectivity index (χ2v) is 9.93. The van der Waals surface area contributed by atoms with Crippen LogP contribution in [0.4, 0.5) is 14.9 Å². The van der Waals surface area contributed by atoms with Crippen LogP contribution < -0.4 is 20.1 Å². The third-order valence-electron chi connectivity index (χ3n) is 7.44. The van der Waals surface area contributed by atoms with Crippen LogP contribution in [-0.4, -0.2) is 49.8 Å². The van der Waals surface area contributed by atoms with Crippen LogP contribution in [0, 0.1) is 5.82 Å². The van der Waals surface area contributed by atoms with Crippen molar-refractivity contribution in [2.75, 3.05) is 26.1 Å². The number of urea groups is 1. The first-order chi connectivity index (χ1) is 16.3. The zero-order chi connectivity index (χ0) is 24.5. The van der Waals surface area contributed by atoms with E-state index in [0.717, 1.165) is 43.7 Å². The van der Waals surface area contributed by atoms with Crippen molar-refractivity contribution < 1.29 is 18.7 Å². The number of nitrogens with one attached hydrogen (secondary N) is 2. The van der Waals surface area contributed by atoms with E-state index in [-0.39, 0.29) is 22.5 Å². The Morgan fingerprint density at radius 1 is 1.15 bits per heavy atom. The van der Waals surface area contributed by atoms with Crippen LogP contribution in [-0.2, 0) is 5.41 Å². The molecule has 8 heteroatoms. The van der Waals surface area contributed by atoms with E-state index in [1.54, 1.807) is 14.2 Å². The average Bonchev–Trinajstić information content (AvgIpc) is 3.21. The molecule has 3 atom stereocenters. The molecular formula is C26H33ClFN3O3. The zero-order valence-electron chi connectivity index (χ0n) is 20.2. The van der Waals surface area contributed by atoms with Gasteiger partial charge in [-0.25, -0.2) is 9.18 Å². The van der Waals surface area contributed by atoms with Gasteiger partial charge < -0.3 is 20.1 Å². The average molecular weight is 490 g/mol. The number of amides is 2. The molecule has 0 spiro atoms. The molecular weight excluding hydrogens is 457 g/mol. The molecule has 4 rings (SSSR count). The van der Waals surface area contributed by atoms with Crippen molar-refractivity contribution in [3.8, 4) is 11.5 Å². The van der Waals surface area contributed by atoms with Crippen LogP contribution in [0.25, 0.3) is 0 Å². The van der Waals surface area contributed by atoms with Gasteiger partial charge in [-0.05, 0) is 82.0 Å². The number of ether oxygens (including phenoxy) is 2. The van der Waals surface area contributed by atoms with Gasteiger partial charge in [-0.1, -0.05) is 17.7 Å². The number of nitrogens with zero attached hydrogens (tertiary/aromatic N) is 1. The predicted molar refractivity (Wildman–Crippen MR) is 133 cm³/mol. The van der Waals surface area contributed by atoms with Crippen molar-refractivity contribution in [2.24, 2.45) is 0 Å². The van der Waals surface area contributed by atoms with Crippen molar-refractivity contribution >= 4 is 23.3 Å². The van der Waals surface area contributed by atoms with Gasteiger partial charge in [0, 0.05) is 29.2 Å². The Morgan fingerprint density at radius 3 is 2.59 bits per heavy atom. The topological polar surface area (TPSA) is 62.8 Å². The first-order valence-electron chi connectivity index (χ1n) is 11.8. The molecule has 2 aromatic carbocycles. The van der Waals surface area contributed by atoms with E-state index in [1.165, 1.54) is 23.8 Å². The molecule has 0 unspecified atom stereocenters. The molecule has 2 N–H and O–H groups in total. The highest BCUT2D eigenvalue weighted by atomic mass is 35.5. The molecule has 1 aliphatic carbocycles. The van der Waals surface area contributed by atoms with Crippen LogP contribution in [0.5, 0.6) is 11.5 Å². The van der Waals surface area contributed by atoms with Gasteiger partial charge in [0.1, 0.15) is 5.82 Å². The fourth-order valence-corrected chi connectivity index (χ4v) is 5.92. The maximum atomic E-state index is 13.4. The number of benzene rings is 2. The summed E-state index contributed by atoms with van der Waals surface area (Å²) in [5.74, 6) is 0.959. The summed E-state index contributed by atoms with van der Waals surface area (Å²) in [5.41, 5.74) is 1.73. The van der Waals surface area contributed by atoms with Gasteiger partial charge >= 0.3 is 6.03 Å². The van der Waals surface area contributed by atoms with Gasteiger partial charge in [-0.15, -0.1) is 0 Å². The Labute approximate surface area is 205 Å². The van der Waals surface area contributed by atoms with E-state index < -0.39 is 5.82 Å².